The maximum absolute atomic E-state index is 14.5. The van der Waals surface area contributed by atoms with Gasteiger partial charge in [0.15, 0.2) is 11.6 Å². The maximum atomic E-state index is 14.5. The molecular formula is C35H48O4. The van der Waals surface area contributed by atoms with Gasteiger partial charge in [-0.15, -0.1) is 0 Å². The Bertz CT molecular complexity index is 1180. The second-order valence-corrected chi connectivity index (χ2v) is 13.6. The molecule has 0 heterocycles. The highest BCUT2D eigenvalue weighted by Gasteiger charge is 2.62. The molecule has 0 aliphatic heterocycles. The van der Waals surface area contributed by atoms with Crippen molar-refractivity contribution in [3.63, 3.8) is 0 Å². The first-order valence-electron chi connectivity index (χ1n) is 15.4. The summed E-state index contributed by atoms with van der Waals surface area (Å²) in [5, 5.41) is 23.7. The molecule has 212 valence electrons. The fourth-order valence-electron chi connectivity index (χ4n) is 9.54. The zero-order chi connectivity index (χ0) is 28.3. The van der Waals surface area contributed by atoms with Gasteiger partial charge in [0.1, 0.15) is 5.76 Å². The molecule has 0 radical (unpaired) electrons. The number of hydrogen-bond acceptors (Lipinski definition) is 4. The topological polar surface area (TPSA) is 74.6 Å². The highest BCUT2D eigenvalue weighted by Crippen LogP contribution is 2.61. The molecule has 5 aliphatic rings. The number of rotatable bonds is 3. The third-order valence-corrected chi connectivity index (χ3v) is 11.3. The van der Waals surface area contributed by atoms with Crippen molar-refractivity contribution in [2.75, 3.05) is 0 Å². The van der Waals surface area contributed by atoms with Gasteiger partial charge in [-0.05, 0) is 76.0 Å². The molecule has 5 aliphatic carbocycles. The number of aliphatic hydroxyl groups is 2. The Hall–Kier alpha value is -2.20. The van der Waals surface area contributed by atoms with Crippen LogP contribution in [0.4, 0.5) is 0 Å². The molecule has 4 nitrogen and oxygen atoms in total. The third-order valence-electron chi connectivity index (χ3n) is 11.3. The van der Waals surface area contributed by atoms with E-state index in [0.717, 1.165) is 38.5 Å². The largest absolute Gasteiger partial charge is 0.511 e. The van der Waals surface area contributed by atoms with Crippen LogP contribution in [0.15, 0.2) is 58.9 Å². The average Bonchev–Trinajstić information content (AvgIpc) is 3.16. The lowest BCUT2D eigenvalue weighted by molar-refractivity contribution is -0.124. The van der Waals surface area contributed by atoms with Gasteiger partial charge in [-0.25, -0.2) is 0 Å². The van der Waals surface area contributed by atoms with Gasteiger partial charge in [0.25, 0.3) is 0 Å². The predicted molar refractivity (Wildman–Crippen MR) is 156 cm³/mol. The van der Waals surface area contributed by atoms with E-state index in [1.54, 1.807) is 0 Å². The van der Waals surface area contributed by atoms with Crippen LogP contribution in [0, 0.1) is 52.3 Å². The molecule has 5 rings (SSSR count). The number of allylic oxidation sites excluding steroid dienone is 9. The highest BCUT2D eigenvalue weighted by atomic mass is 16.3. The summed E-state index contributed by atoms with van der Waals surface area (Å²) in [6.07, 6.45) is 18.4. The lowest BCUT2D eigenvalue weighted by Gasteiger charge is -2.54. The summed E-state index contributed by atoms with van der Waals surface area (Å²) in [4.78, 5) is 29.0. The van der Waals surface area contributed by atoms with Crippen molar-refractivity contribution >= 4 is 11.6 Å². The van der Waals surface area contributed by atoms with Gasteiger partial charge in [0.2, 0.25) is 0 Å². The summed E-state index contributed by atoms with van der Waals surface area (Å²) in [5.74, 6) is -1.20. The van der Waals surface area contributed by atoms with Crippen molar-refractivity contribution in [1.82, 2.24) is 0 Å². The molecule has 2 bridgehead atoms. The van der Waals surface area contributed by atoms with Crippen LogP contribution in [0.25, 0.3) is 0 Å². The zero-order valence-electron chi connectivity index (χ0n) is 24.7. The van der Waals surface area contributed by atoms with Crippen molar-refractivity contribution in [1.29, 1.82) is 0 Å². The Morgan fingerprint density at radius 2 is 1.77 bits per heavy atom. The van der Waals surface area contributed by atoms with Crippen LogP contribution in [-0.4, -0.2) is 27.9 Å². The minimum absolute atomic E-state index is 0.0149. The minimum atomic E-state index is -0.755. The molecule has 0 aromatic rings. The van der Waals surface area contributed by atoms with E-state index < -0.39 is 28.8 Å². The fourth-order valence-corrected chi connectivity index (χ4v) is 9.54. The summed E-state index contributed by atoms with van der Waals surface area (Å²) >= 11 is 0. The number of ketones is 2. The van der Waals surface area contributed by atoms with Gasteiger partial charge in [-0.3, -0.25) is 9.59 Å². The van der Waals surface area contributed by atoms with Crippen molar-refractivity contribution in [2.24, 2.45) is 52.3 Å². The Morgan fingerprint density at radius 1 is 1.03 bits per heavy atom. The van der Waals surface area contributed by atoms with Crippen molar-refractivity contribution in [3.05, 3.63) is 58.9 Å². The van der Waals surface area contributed by atoms with Crippen LogP contribution in [0.2, 0.25) is 0 Å². The Kier molecular flexibility index (Phi) is 7.50. The van der Waals surface area contributed by atoms with Gasteiger partial charge in [-0.2, -0.15) is 0 Å². The molecule has 39 heavy (non-hydrogen) atoms. The minimum Gasteiger partial charge on any atom is -0.511 e. The van der Waals surface area contributed by atoms with E-state index in [2.05, 4.69) is 78.0 Å². The second kappa shape index (κ2) is 10.3. The van der Waals surface area contributed by atoms with Crippen molar-refractivity contribution in [2.45, 2.75) is 92.6 Å². The predicted octanol–water partition coefficient (Wildman–Crippen LogP) is 7.47. The molecule has 4 heteroatoms. The molecule has 0 aromatic heterocycles. The molecule has 0 amide bonds. The van der Waals surface area contributed by atoms with E-state index in [1.165, 1.54) is 11.1 Å². The number of aliphatic hydroxyl groups excluding tert-OH is 2. The number of fused-ring (bicyclic) bond motifs is 4. The monoisotopic (exact) mass is 532 g/mol. The summed E-state index contributed by atoms with van der Waals surface area (Å²) in [6, 6.07) is 0. The van der Waals surface area contributed by atoms with Crippen LogP contribution in [0.5, 0.6) is 0 Å². The van der Waals surface area contributed by atoms with E-state index in [0.29, 0.717) is 6.42 Å². The van der Waals surface area contributed by atoms with Gasteiger partial charge in [0.05, 0.1) is 11.7 Å². The molecule has 2 fully saturated rings. The molecule has 0 saturated heterocycles. The first kappa shape index (κ1) is 28.3. The Balaban J connectivity index is 1.77. The zero-order valence-corrected chi connectivity index (χ0v) is 24.7. The summed E-state index contributed by atoms with van der Waals surface area (Å²) < 4.78 is 0. The normalized spacial score (nSPS) is 46.2. The first-order chi connectivity index (χ1) is 18.5. The Morgan fingerprint density at radius 3 is 2.46 bits per heavy atom. The quantitative estimate of drug-likeness (QED) is 0.292. The third kappa shape index (κ3) is 4.19. The van der Waals surface area contributed by atoms with E-state index in [1.807, 2.05) is 0 Å². The number of Topliss-reactive ketones (excluding diaryl/α,β-unsaturated/α-hetero) is 2. The molecule has 0 spiro atoms. The maximum Gasteiger partial charge on any atom is 0.174 e. The van der Waals surface area contributed by atoms with Crippen LogP contribution >= 0.6 is 0 Å². The number of carbonyl (C=O) groups is 2. The smallest absolute Gasteiger partial charge is 0.174 e. The van der Waals surface area contributed by atoms with Gasteiger partial charge in [0, 0.05) is 28.6 Å². The van der Waals surface area contributed by atoms with E-state index in [-0.39, 0.29) is 52.5 Å². The van der Waals surface area contributed by atoms with Crippen molar-refractivity contribution in [3.8, 4) is 0 Å². The highest BCUT2D eigenvalue weighted by molar-refractivity contribution is 6.28. The van der Waals surface area contributed by atoms with Crippen LogP contribution in [-0.2, 0) is 9.59 Å². The van der Waals surface area contributed by atoms with Crippen molar-refractivity contribution < 1.29 is 19.8 Å². The molecule has 2 saturated carbocycles. The lowest BCUT2D eigenvalue weighted by Crippen LogP contribution is -2.51. The first-order valence-corrected chi connectivity index (χ1v) is 15.4. The molecule has 0 aromatic carbocycles. The summed E-state index contributed by atoms with van der Waals surface area (Å²) in [6.45, 7) is 12.7. The van der Waals surface area contributed by atoms with Gasteiger partial charge >= 0.3 is 0 Å². The SMILES string of the molecule is CCC[C@@H]1C(C)=C[C@]2(C)/C=C(\C)C/C=C/C[C@@H]3C=C[C@@H]4[C@@H](O)[C@@H](C)CC[C@H]4[C@]3(CC)C(O)=C3C(=O)C1C2C3=O. The molecule has 2 unspecified atom stereocenters. The van der Waals surface area contributed by atoms with Crippen LogP contribution in [0.1, 0.15) is 86.5 Å². The van der Waals surface area contributed by atoms with Crippen LogP contribution in [0.3, 0.4) is 0 Å². The van der Waals surface area contributed by atoms with E-state index in [9.17, 15) is 19.8 Å². The fraction of sp³-hybridized carbons (Fsp3) is 0.657. The summed E-state index contributed by atoms with van der Waals surface area (Å²) in [7, 11) is 0. The molecule has 2 N–H and O–H groups in total. The Labute approximate surface area is 235 Å². The number of carbonyl (C=O) groups excluding carboxylic acids is 2. The molecular weight excluding hydrogens is 484 g/mol. The second-order valence-electron chi connectivity index (χ2n) is 13.6. The van der Waals surface area contributed by atoms with Gasteiger partial charge in [-0.1, -0.05) is 81.7 Å². The van der Waals surface area contributed by atoms with E-state index >= 15 is 0 Å². The van der Waals surface area contributed by atoms with Crippen LogP contribution < -0.4 is 0 Å². The average molecular weight is 533 g/mol. The standard InChI is InChI=1S/C35H48O4/c1-7-11-24-22(5)19-34(6)18-20(3)12-9-10-13-23-15-16-25-26(17-14-21(4)30(25)36)35(23,8-2)33(39)28-31(37)27(24)29(34)32(28)38/h9-10,15-16,18-19,21,23-27,29-30,36,39H,7-8,11-14,17H2,1-6H3/b10-9+,20-18+,33-28?/t21-,23+,24+,25-,26+,27?,29?,30-,34-,35+/m0/s1. The molecule has 10 atom stereocenters. The van der Waals surface area contributed by atoms with E-state index in [4.69, 9.17) is 0 Å². The summed E-state index contributed by atoms with van der Waals surface area (Å²) in [5.41, 5.74) is 1.11. The lowest BCUT2D eigenvalue weighted by atomic mass is 9.51. The number of hydrogen-bond donors (Lipinski definition) is 2. The van der Waals surface area contributed by atoms with Gasteiger partial charge < -0.3 is 10.2 Å².